The lowest BCUT2D eigenvalue weighted by atomic mass is 9.86. The molecule has 2 fully saturated rings. The molecule has 0 unspecified atom stereocenters. The van der Waals surface area contributed by atoms with Crippen molar-refractivity contribution >= 4 is 10.9 Å². The third-order valence-electron chi connectivity index (χ3n) is 7.72. The first-order chi connectivity index (χ1) is 17.0. The molecule has 4 heterocycles. The van der Waals surface area contributed by atoms with Crippen molar-refractivity contribution in [2.75, 3.05) is 46.1 Å². The van der Waals surface area contributed by atoms with Gasteiger partial charge in [-0.25, -0.2) is 8.78 Å². The fraction of sp³-hybridized carbons (Fsp3) is 0.481. The Kier molecular flexibility index (Phi) is 5.98. The zero-order valence-electron chi connectivity index (χ0n) is 19.8. The third kappa shape index (κ3) is 4.01. The van der Waals surface area contributed by atoms with Crippen LogP contribution in [-0.4, -0.2) is 73.0 Å². The van der Waals surface area contributed by atoms with E-state index >= 15 is 8.78 Å². The number of aromatic nitrogens is 1. The molecule has 0 saturated carbocycles. The minimum atomic E-state index is -0.615. The maximum atomic E-state index is 15.6. The molecule has 0 aliphatic carbocycles. The van der Waals surface area contributed by atoms with Gasteiger partial charge in [0.15, 0.2) is 0 Å². The van der Waals surface area contributed by atoms with E-state index in [0.717, 1.165) is 28.6 Å². The van der Waals surface area contributed by atoms with Crippen LogP contribution in [-0.2, 0) is 11.2 Å². The summed E-state index contributed by atoms with van der Waals surface area (Å²) < 4.78 is 55.0. The molecule has 2 atom stereocenters. The lowest BCUT2D eigenvalue weighted by molar-refractivity contribution is -0.0926. The predicted octanol–water partition coefficient (Wildman–Crippen LogP) is 4.46. The topological polar surface area (TPSA) is 40.7 Å². The molecule has 1 N–H and O–H groups in total. The number of nitrogens with one attached hydrogen (secondary N) is 1. The number of hydrogen-bond acceptors (Lipinski definition) is 4. The zero-order valence-corrected chi connectivity index (χ0v) is 19.8. The van der Waals surface area contributed by atoms with Crippen LogP contribution in [0, 0.1) is 17.6 Å². The molecular formula is C27H30F3N3O2. The molecule has 0 radical (unpaired) electrons. The van der Waals surface area contributed by atoms with Crippen LogP contribution in [0.25, 0.3) is 10.9 Å². The molecule has 5 nitrogen and oxygen atoms in total. The number of alkyl halides is 1. The summed E-state index contributed by atoms with van der Waals surface area (Å²) in [7, 11) is 0. The fourth-order valence-electron chi connectivity index (χ4n) is 5.89. The van der Waals surface area contributed by atoms with Crippen molar-refractivity contribution in [3.05, 3.63) is 64.9 Å². The molecule has 186 valence electrons. The molecule has 2 aromatic carbocycles. The smallest absolute Gasteiger partial charge is 0.135 e. The largest absolute Gasteiger partial charge is 0.492 e. The first kappa shape index (κ1) is 22.9. The zero-order chi connectivity index (χ0) is 24.1. The average molecular weight is 486 g/mol. The number of likely N-dealkylation sites (tertiary alicyclic amines) is 1. The molecule has 6 rings (SSSR count). The molecule has 35 heavy (non-hydrogen) atoms. The number of halogens is 3. The van der Waals surface area contributed by atoms with Crippen LogP contribution in [0.4, 0.5) is 13.2 Å². The predicted molar refractivity (Wildman–Crippen MR) is 128 cm³/mol. The summed E-state index contributed by atoms with van der Waals surface area (Å²) in [4.78, 5) is 7.75. The van der Waals surface area contributed by atoms with Gasteiger partial charge in [-0.2, -0.15) is 0 Å². The molecule has 2 saturated heterocycles. The van der Waals surface area contributed by atoms with Gasteiger partial charge in [-0.3, -0.25) is 14.2 Å². The standard InChI is InChI=1S/C27H30F3N3O2/c1-16-8-21-20-4-2-3-5-24(20)31-26(21)27(33(16)18-14-34-15-18)25-22(29)9-19(10-23(25)30)35-7-6-32-12-17(11-28)13-32/h2-5,9-10,16-18,27,31H,6-8,11-15H2,1H3/t16-,27-/m1/s1. The van der Waals surface area contributed by atoms with E-state index in [9.17, 15) is 4.39 Å². The summed E-state index contributed by atoms with van der Waals surface area (Å²) in [6.45, 7) is 5.24. The lowest BCUT2D eigenvalue weighted by Gasteiger charge is -2.48. The minimum Gasteiger partial charge on any atom is -0.492 e. The van der Waals surface area contributed by atoms with E-state index in [1.54, 1.807) is 0 Å². The maximum absolute atomic E-state index is 15.6. The van der Waals surface area contributed by atoms with E-state index in [1.807, 2.05) is 18.2 Å². The highest BCUT2D eigenvalue weighted by molar-refractivity contribution is 5.85. The van der Waals surface area contributed by atoms with Crippen molar-refractivity contribution in [2.45, 2.75) is 31.5 Å². The van der Waals surface area contributed by atoms with Crippen LogP contribution in [0.5, 0.6) is 5.75 Å². The monoisotopic (exact) mass is 485 g/mol. The van der Waals surface area contributed by atoms with Crippen LogP contribution >= 0.6 is 0 Å². The number of fused-ring (bicyclic) bond motifs is 3. The second-order valence-corrected chi connectivity index (χ2v) is 10.1. The number of aromatic amines is 1. The molecule has 3 aliphatic rings. The Morgan fingerprint density at radius 3 is 2.54 bits per heavy atom. The Balaban J connectivity index is 1.31. The molecule has 0 bridgehead atoms. The third-order valence-corrected chi connectivity index (χ3v) is 7.72. The number of H-pyrrole nitrogens is 1. The van der Waals surface area contributed by atoms with Crippen LogP contribution in [0.15, 0.2) is 36.4 Å². The molecule has 0 spiro atoms. The maximum Gasteiger partial charge on any atom is 0.135 e. The summed E-state index contributed by atoms with van der Waals surface area (Å²) in [6.07, 6.45) is 0.802. The van der Waals surface area contributed by atoms with Gasteiger partial charge >= 0.3 is 0 Å². The van der Waals surface area contributed by atoms with Gasteiger partial charge in [0.05, 0.1) is 32.0 Å². The Morgan fingerprint density at radius 1 is 1.11 bits per heavy atom. The Hall–Kier alpha value is -2.55. The van der Waals surface area contributed by atoms with Gasteiger partial charge in [-0.1, -0.05) is 18.2 Å². The molecular weight excluding hydrogens is 455 g/mol. The van der Waals surface area contributed by atoms with Crippen molar-refractivity contribution < 1.29 is 22.6 Å². The first-order valence-corrected chi connectivity index (χ1v) is 12.4. The highest BCUT2D eigenvalue weighted by Gasteiger charge is 2.44. The number of para-hydroxylation sites is 1. The number of hydrogen-bond donors (Lipinski definition) is 1. The van der Waals surface area contributed by atoms with Gasteiger partial charge in [-0.05, 0) is 25.0 Å². The highest BCUT2D eigenvalue weighted by atomic mass is 19.1. The SMILES string of the molecule is C[C@@H]1Cc2c([nH]c3ccccc23)[C@@H](c2c(F)cc(OCCN3CC(CF)C3)cc2F)N1C1COC1. The van der Waals surface area contributed by atoms with Gasteiger partial charge < -0.3 is 14.5 Å². The molecule has 8 heteroatoms. The van der Waals surface area contributed by atoms with Gasteiger partial charge in [0, 0.05) is 65.9 Å². The van der Waals surface area contributed by atoms with Crippen molar-refractivity contribution in [3.63, 3.8) is 0 Å². The van der Waals surface area contributed by atoms with Crippen LogP contribution in [0.3, 0.4) is 0 Å². The Bertz CT molecular complexity index is 1200. The average Bonchev–Trinajstić information content (AvgIpc) is 3.13. The molecule has 0 amide bonds. The number of benzene rings is 2. The van der Waals surface area contributed by atoms with Crippen LogP contribution < -0.4 is 4.74 Å². The second kappa shape index (κ2) is 9.15. The van der Waals surface area contributed by atoms with E-state index in [-0.39, 0.29) is 36.0 Å². The minimum absolute atomic E-state index is 0.0390. The van der Waals surface area contributed by atoms with Crippen LogP contribution in [0.2, 0.25) is 0 Å². The van der Waals surface area contributed by atoms with E-state index < -0.39 is 17.7 Å². The molecule has 3 aliphatic heterocycles. The molecule has 3 aromatic rings. The van der Waals surface area contributed by atoms with Crippen molar-refractivity contribution in [3.8, 4) is 5.75 Å². The van der Waals surface area contributed by atoms with Crippen molar-refractivity contribution in [1.82, 2.24) is 14.8 Å². The summed E-state index contributed by atoms with van der Waals surface area (Å²) in [6, 6.07) is 10.2. The fourth-order valence-corrected chi connectivity index (χ4v) is 5.89. The van der Waals surface area contributed by atoms with Gasteiger partial charge in [0.1, 0.15) is 24.0 Å². The van der Waals surface area contributed by atoms with E-state index in [0.29, 0.717) is 39.5 Å². The van der Waals surface area contributed by atoms with Crippen molar-refractivity contribution in [2.24, 2.45) is 5.92 Å². The Morgan fingerprint density at radius 2 is 1.86 bits per heavy atom. The lowest BCUT2D eigenvalue weighted by Crippen LogP contribution is -2.56. The van der Waals surface area contributed by atoms with Crippen LogP contribution in [0.1, 0.15) is 29.8 Å². The van der Waals surface area contributed by atoms with E-state index in [4.69, 9.17) is 9.47 Å². The van der Waals surface area contributed by atoms with Gasteiger partial charge in [0.25, 0.3) is 0 Å². The number of nitrogens with zero attached hydrogens (tertiary/aromatic N) is 2. The first-order valence-electron chi connectivity index (χ1n) is 12.4. The van der Waals surface area contributed by atoms with Gasteiger partial charge in [-0.15, -0.1) is 0 Å². The summed E-state index contributed by atoms with van der Waals surface area (Å²) in [5, 5.41) is 1.10. The summed E-state index contributed by atoms with van der Waals surface area (Å²) in [5.74, 6) is -0.961. The quantitative estimate of drug-likeness (QED) is 0.537. The second-order valence-electron chi connectivity index (χ2n) is 10.1. The van der Waals surface area contributed by atoms with Crippen molar-refractivity contribution in [1.29, 1.82) is 0 Å². The highest BCUT2D eigenvalue weighted by Crippen LogP contribution is 2.44. The summed E-state index contributed by atoms with van der Waals surface area (Å²) >= 11 is 0. The van der Waals surface area contributed by atoms with Gasteiger partial charge in [0.2, 0.25) is 0 Å². The number of rotatable bonds is 7. The van der Waals surface area contributed by atoms with E-state index in [1.165, 1.54) is 12.1 Å². The Labute approximate surface area is 202 Å². The number of ether oxygens (including phenoxy) is 2. The normalized spacial score (nSPS) is 23.8. The van der Waals surface area contributed by atoms with E-state index in [2.05, 4.69) is 27.8 Å². The molecule has 1 aromatic heterocycles. The summed E-state index contributed by atoms with van der Waals surface area (Å²) in [5.41, 5.74) is 2.98.